The Balaban J connectivity index is 2.17. The molecule has 13 heavy (non-hydrogen) atoms. The SMILES string of the molecule is CC1CCCC2CC(=O)CCC12C. The molecule has 0 saturated heterocycles. The molecule has 1 nitrogen and oxygen atoms in total. The molecule has 0 heterocycles. The van der Waals surface area contributed by atoms with Crippen molar-refractivity contribution in [3.8, 4) is 0 Å². The second kappa shape index (κ2) is 3.11. The minimum absolute atomic E-state index is 0.492. The summed E-state index contributed by atoms with van der Waals surface area (Å²) in [4.78, 5) is 11.4. The van der Waals surface area contributed by atoms with Crippen LogP contribution in [0.5, 0.6) is 0 Å². The zero-order valence-electron chi connectivity index (χ0n) is 8.81. The molecule has 0 spiro atoms. The number of rotatable bonds is 0. The topological polar surface area (TPSA) is 17.1 Å². The highest BCUT2D eigenvalue weighted by Crippen LogP contribution is 2.52. The largest absolute Gasteiger partial charge is 0.300 e. The summed E-state index contributed by atoms with van der Waals surface area (Å²) >= 11 is 0. The molecule has 0 aliphatic heterocycles. The van der Waals surface area contributed by atoms with Crippen LogP contribution in [0.1, 0.15) is 52.4 Å². The third-order valence-corrected chi connectivity index (χ3v) is 4.66. The molecule has 0 amide bonds. The van der Waals surface area contributed by atoms with E-state index in [-0.39, 0.29) is 0 Å². The fraction of sp³-hybridized carbons (Fsp3) is 0.917. The van der Waals surface area contributed by atoms with E-state index in [2.05, 4.69) is 13.8 Å². The number of ketones is 1. The summed E-state index contributed by atoms with van der Waals surface area (Å²) in [5, 5.41) is 0. The smallest absolute Gasteiger partial charge is 0.133 e. The van der Waals surface area contributed by atoms with Crippen LogP contribution in [-0.2, 0) is 4.79 Å². The van der Waals surface area contributed by atoms with Crippen LogP contribution in [0.4, 0.5) is 0 Å². The third-order valence-electron chi connectivity index (χ3n) is 4.66. The van der Waals surface area contributed by atoms with Crippen molar-refractivity contribution < 1.29 is 4.79 Å². The number of fused-ring (bicyclic) bond motifs is 1. The normalized spacial score (nSPS) is 45.8. The highest BCUT2D eigenvalue weighted by molar-refractivity contribution is 5.79. The van der Waals surface area contributed by atoms with Gasteiger partial charge in [0.1, 0.15) is 5.78 Å². The summed E-state index contributed by atoms with van der Waals surface area (Å²) in [7, 11) is 0. The number of carbonyl (C=O) groups is 1. The Morgan fingerprint density at radius 2 is 2.15 bits per heavy atom. The summed E-state index contributed by atoms with van der Waals surface area (Å²) in [6, 6.07) is 0. The second-order valence-electron chi connectivity index (χ2n) is 5.28. The number of hydrogen-bond acceptors (Lipinski definition) is 1. The molecule has 0 aromatic rings. The van der Waals surface area contributed by atoms with E-state index in [1.807, 2.05) is 0 Å². The Hall–Kier alpha value is -0.330. The molecular formula is C12H20O. The number of hydrogen-bond donors (Lipinski definition) is 0. The van der Waals surface area contributed by atoms with Crippen LogP contribution in [0.15, 0.2) is 0 Å². The van der Waals surface area contributed by atoms with Gasteiger partial charge in [-0.1, -0.05) is 26.7 Å². The summed E-state index contributed by atoms with van der Waals surface area (Å²) in [6.07, 6.45) is 6.89. The first kappa shape index (κ1) is 9.23. The Kier molecular flexibility index (Phi) is 2.21. The van der Waals surface area contributed by atoms with Crippen molar-refractivity contribution in [1.29, 1.82) is 0 Å². The molecule has 74 valence electrons. The van der Waals surface area contributed by atoms with Crippen LogP contribution in [-0.4, -0.2) is 5.78 Å². The second-order valence-corrected chi connectivity index (χ2v) is 5.28. The van der Waals surface area contributed by atoms with Crippen molar-refractivity contribution in [2.24, 2.45) is 17.3 Å². The summed E-state index contributed by atoms with van der Waals surface area (Å²) in [6.45, 7) is 4.79. The van der Waals surface area contributed by atoms with E-state index in [1.165, 1.54) is 19.3 Å². The first-order chi connectivity index (χ1) is 6.13. The standard InChI is InChI=1S/C12H20O/c1-9-4-3-5-10-8-11(13)6-7-12(9,10)2/h9-10H,3-8H2,1-2H3. The molecular weight excluding hydrogens is 160 g/mol. The minimum Gasteiger partial charge on any atom is -0.300 e. The van der Waals surface area contributed by atoms with Crippen LogP contribution in [0, 0.1) is 17.3 Å². The molecule has 2 aliphatic carbocycles. The van der Waals surface area contributed by atoms with Crippen molar-refractivity contribution in [2.45, 2.75) is 52.4 Å². The van der Waals surface area contributed by atoms with Crippen molar-refractivity contribution in [3.05, 3.63) is 0 Å². The minimum atomic E-state index is 0.492. The average Bonchev–Trinajstić information content (AvgIpc) is 2.09. The first-order valence-corrected chi connectivity index (χ1v) is 5.64. The van der Waals surface area contributed by atoms with Crippen LogP contribution >= 0.6 is 0 Å². The molecule has 0 radical (unpaired) electrons. The van der Waals surface area contributed by atoms with E-state index >= 15 is 0 Å². The molecule has 2 fully saturated rings. The Morgan fingerprint density at radius 3 is 2.92 bits per heavy atom. The maximum absolute atomic E-state index is 11.4. The lowest BCUT2D eigenvalue weighted by Gasteiger charge is -2.49. The predicted molar refractivity (Wildman–Crippen MR) is 53.5 cm³/mol. The monoisotopic (exact) mass is 180 g/mol. The van der Waals surface area contributed by atoms with Gasteiger partial charge in [0.05, 0.1) is 0 Å². The lowest BCUT2D eigenvalue weighted by molar-refractivity contribution is -0.127. The molecule has 2 aliphatic rings. The van der Waals surface area contributed by atoms with Gasteiger partial charge in [0.15, 0.2) is 0 Å². The van der Waals surface area contributed by atoms with Crippen LogP contribution in [0.3, 0.4) is 0 Å². The molecule has 0 aromatic carbocycles. The first-order valence-electron chi connectivity index (χ1n) is 5.64. The molecule has 2 saturated carbocycles. The molecule has 0 bridgehead atoms. The van der Waals surface area contributed by atoms with Crippen LogP contribution in [0.25, 0.3) is 0 Å². The Morgan fingerprint density at radius 1 is 1.38 bits per heavy atom. The van der Waals surface area contributed by atoms with E-state index in [4.69, 9.17) is 0 Å². The van der Waals surface area contributed by atoms with Gasteiger partial charge in [-0.25, -0.2) is 0 Å². The van der Waals surface area contributed by atoms with Crippen molar-refractivity contribution >= 4 is 5.78 Å². The maximum atomic E-state index is 11.4. The summed E-state index contributed by atoms with van der Waals surface area (Å²) in [5.41, 5.74) is 0.492. The molecule has 3 atom stereocenters. The van der Waals surface area contributed by atoms with Gasteiger partial charge < -0.3 is 0 Å². The van der Waals surface area contributed by atoms with Crippen molar-refractivity contribution in [2.75, 3.05) is 0 Å². The van der Waals surface area contributed by atoms with Gasteiger partial charge in [-0.05, 0) is 30.1 Å². The predicted octanol–water partition coefficient (Wildman–Crippen LogP) is 3.18. The lowest BCUT2D eigenvalue weighted by atomic mass is 9.56. The van der Waals surface area contributed by atoms with Gasteiger partial charge in [0.2, 0.25) is 0 Å². The molecule has 2 rings (SSSR count). The Labute approximate surface area is 80.9 Å². The van der Waals surface area contributed by atoms with E-state index < -0.39 is 0 Å². The fourth-order valence-electron chi connectivity index (χ4n) is 3.30. The fourth-order valence-corrected chi connectivity index (χ4v) is 3.30. The Bertz CT molecular complexity index is 221. The van der Waals surface area contributed by atoms with Crippen molar-refractivity contribution in [1.82, 2.24) is 0 Å². The molecule has 1 heteroatoms. The van der Waals surface area contributed by atoms with Gasteiger partial charge in [0.25, 0.3) is 0 Å². The summed E-state index contributed by atoms with van der Waals surface area (Å²) in [5.74, 6) is 2.05. The van der Waals surface area contributed by atoms with Crippen LogP contribution in [0.2, 0.25) is 0 Å². The van der Waals surface area contributed by atoms with Crippen LogP contribution < -0.4 is 0 Å². The van der Waals surface area contributed by atoms with E-state index in [0.29, 0.717) is 17.1 Å². The van der Waals surface area contributed by atoms with Gasteiger partial charge in [0, 0.05) is 12.8 Å². The van der Waals surface area contributed by atoms with Gasteiger partial charge in [-0.15, -0.1) is 0 Å². The van der Waals surface area contributed by atoms with E-state index in [9.17, 15) is 4.79 Å². The van der Waals surface area contributed by atoms with E-state index in [1.54, 1.807) is 0 Å². The number of carbonyl (C=O) groups excluding carboxylic acids is 1. The maximum Gasteiger partial charge on any atom is 0.133 e. The molecule has 0 aromatic heterocycles. The van der Waals surface area contributed by atoms with Crippen molar-refractivity contribution in [3.63, 3.8) is 0 Å². The quantitative estimate of drug-likeness (QED) is 0.559. The zero-order valence-corrected chi connectivity index (χ0v) is 8.81. The lowest BCUT2D eigenvalue weighted by Crippen LogP contribution is -2.42. The summed E-state index contributed by atoms with van der Waals surface area (Å²) < 4.78 is 0. The molecule has 3 unspecified atom stereocenters. The zero-order chi connectivity index (χ0) is 9.47. The third kappa shape index (κ3) is 1.43. The molecule has 0 N–H and O–H groups in total. The van der Waals surface area contributed by atoms with Gasteiger partial charge in [-0.2, -0.15) is 0 Å². The number of Topliss-reactive ketones (excluding diaryl/α,β-unsaturated/α-hetero) is 1. The highest BCUT2D eigenvalue weighted by Gasteiger charge is 2.44. The highest BCUT2D eigenvalue weighted by atomic mass is 16.1. The van der Waals surface area contributed by atoms with E-state index in [0.717, 1.165) is 25.2 Å². The van der Waals surface area contributed by atoms with Gasteiger partial charge in [-0.3, -0.25) is 4.79 Å². The average molecular weight is 180 g/mol. The van der Waals surface area contributed by atoms with Gasteiger partial charge >= 0.3 is 0 Å².